The summed E-state index contributed by atoms with van der Waals surface area (Å²) in [5.41, 5.74) is 11.4. The third kappa shape index (κ3) is 2.43. The van der Waals surface area contributed by atoms with Gasteiger partial charge in [-0.25, -0.2) is 0 Å². The van der Waals surface area contributed by atoms with Crippen LogP contribution in [0.4, 0.5) is 0 Å². The SMILES string of the molecule is c1ccc(-n2c3ccccc3c3c2ccc2c4c5c6cccc7c8ccccc8n(c5cc5c8ccccc8n(c54)c23)c76)cc1. The van der Waals surface area contributed by atoms with E-state index in [-0.39, 0.29) is 0 Å². The Morgan fingerprint density at radius 1 is 0.289 bits per heavy atom. The number of rotatable bonds is 1. The van der Waals surface area contributed by atoms with Crippen LogP contribution in [-0.4, -0.2) is 13.4 Å². The maximum atomic E-state index is 2.58. The van der Waals surface area contributed by atoms with Crippen molar-refractivity contribution in [1.29, 1.82) is 0 Å². The molecule has 0 radical (unpaired) electrons. The molecule has 12 rings (SSSR count). The molecule has 0 aliphatic carbocycles. The molecule has 0 atom stereocenters. The average Bonchev–Trinajstić information content (AvgIpc) is 3.88. The van der Waals surface area contributed by atoms with Crippen molar-refractivity contribution in [2.45, 2.75) is 0 Å². The lowest BCUT2D eigenvalue weighted by Crippen LogP contribution is -1.92. The second-order valence-electron chi connectivity index (χ2n) is 12.5. The minimum atomic E-state index is 1.18. The highest BCUT2D eigenvalue weighted by Gasteiger charge is 2.27. The Balaban J connectivity index is 1.43. The molecule has 0 aliphatic heterocycles. The number of aromatic nitrogens is 3. The molecule has 206 valence electrons. The highest BCUT2D eigenvalue weighted by atomic mass is 15.0. The Kier molecular flexibility index (Phi) is 3.76. The molecule has 3 heteroatoms. The molecule has 0 amide bonds. The maximum Gasteiger partial charge on any atom is 0.0642 e. The molecule has 0 spiro atoms. The average molecular weight is 570 g/mol. The fourth-order valence-corrected chi connectivity index (χ4v) is 8.86. The number of hydrogen-bond acceptors (Lipinski definition) is 0. The van der Waals surface area contributed by atoms with Gasteiger partial charge >= 0.3 is 0 Å². The fourth-order valence-electron chi connectivity index (χ4n) is 8.86. The highest BCUT2D eigenvalue weighted by molar-refractivity contribution is 6.40. The number of fused-ring (bicyclic) bond motifs is 17. The van der Waals surface area contributed by atoms with Gasteiger partial charge in [-0.05, 0) is 42.5 Å². The van der Waals surface area contributed by atoms with Crippen LogP contribution in [0.2, 0.25) is 0 Å². The highest BCUT2D eigenvalue weighted by Crippen LogP contribution is 2.50. The summed E-state index contributed by atoms with van der Waals surface area (Å²) in [6.45, 7) is 0. The van der Waals surface area contributed by atoms with E-state index >= 15 is 0 Å². The van der Waals surface area contributed by atoms with Gasteiger partial charge in [0.25, 0.3) is 0 Å². The molecule has 3 nitrogen and oxygen atoms in total. The predicted molar refractivity (Wildman–Crippen MR) is 190 cm³/mol. The maximum absolute atomic E-state index is 2.58. The Morgan fingerprint density at radius 3 is 1.71 bits per heavy atom. The molecule has 0 bridgehead atoms. The number of nitrogens with zero attached hydrogens (tertiary/aromatic N) is 3. The quantitative estimate of drug-likeness (QED) is 0.187. The van der Waals surface area contributed by atoms with Crippen LogP contribution in [0.15, 0.2) is 140 Å². The van der Waals surface area contributed by atoms with Gasteiger partial charge < -0.3 is 13.4 Å². The minimum Gasteiger partial charge on any atom is -0.309 e. The summed E-state index contributed by atoms with van der Waals surface area (Å²) >= 11 is 0. The largest absolute Gasteiger partial charge is 0.309 e. The molecule has 0 saturated carbocycles. The summed E-state index contributed by atoms with van der Waals surface area (Å²) < 4.78 is 7.53. The third-order valence-corrected chi connectivity index (χ3v) is 10.5. The summed E-state index contributed by atoms with van der Waals surface area (Å²) in [6.07, 6.45) is 0. The number of hydrogen-bond donors (Lipinski definition) is 0. The van der Waals surface area contributed by atoms with E-state index < -0.39 is 0 Å². The van der Waals surface area contributed by atoms with Crippen LogP contribution in [0.5, 0.6) is 0 Å². The molecule has 0 aliphatic rings. The first-order chi connectivity index (χ1) is 22.4. The number of benzene rings is 7. The molecule has 0 N–H and O–H groups in total. The molecule has 5 aromatic heterocycles. The van der Waals surface area contributed by atoms with Gasteiger partial charge in [0.05, 0.1) is 44.1 Å². The van der Waals surface area contributed by atoms with Crippen molar-refractivity contribution in [3.05, 3.63) is 140 Å². The smallest absolute Gasteiger partial charge is 0.0642 e. The predicted octanol–water partition coefficient (Wildman–Crippen LogP) is 11.1. The Hall–Kier alpha value is -6.06. The van der Waals surface area contributed by atoms with Crippen LogP contribution >= 0.6 is 0 Å². The topological polar surface area (TPSA) is 13.8 Å². The van der Waals surface area contributed by atoms with E-state index in [0.29, 0.717) is 0 Å². The van der Waals surface area contributed by atoms with Gasteiger partial charge in [0.1, 0.15) is 0 Å². The van der Waals surface area contributed by atoms with Gasteiger partial charge in [-0.1, -0.05) is 97.1 Å². The summed E-state index contributed by atoms with van der Waals surface area (Å²) in [5.74, 6) is 0. The first-order valence-corrected chi connectivity index (χ1v) is 15.6. The summed E-state index contributed by atoms with van der Waals surface area (Å²) in [6, 6.07) is 51.6. The monoisotopic (exact) mass is 569 g/mol. The Morgan fingerprint density at radius 2 is 0.889 bits per heavy atom. The van der Waals surface area contributed by atoms with Crippen LogP contribution in [0, 0.1) is 0 Å². The zero-order valence-electron chi connectivity index (χ0n) is 24.1. The summed E-state index contributed by atoms with van der Waals surface area (Å²) in [5, 5.41) is 13.2. The Bertz CT molecular complexity index is 3190. The lowest BCUT2D eigenvalue weighted by atomic mass is 10.00. The zero-order valence-corrected chi connectivity index (χ0v) is 24.1. The molecule has 5 heterocycles. The van der Waals surface area contributed by atoms with Crippen LogP contribution in [0.25, 0.3) is 104 Å². The molecule has 0 saturated heterocycles. The molecule has 12 aromatic rings. The third-order valence-electron chi connectivity index (χ3n) is 10.5. The van der Waals surface area contributed by atoms with E-state index in [4.69, 9.17) is 0 Å². The van der Waals surface area contributed by atoms with Crippen molar-refractivity contribution < 1.29 is 0 Å². The van der Waals surface area contributed by atoms with Crippen molar-refractivity contribution in [3.8, 4) is 5.69 Å². The molecule has 7 aromatic carbocycles. The van der Waals surface area contributed by atoms with Gasteiger partial charge in [0, 0.05) is 59.5 Å². The van der Waals surface area contributed by atoms with Crippen molar-refractivity contribution in [1.82, 2.24) is 13.4 Å². The second kappa shape index (κ2) is 7.53. The van der Waals surface area contributed by atoms with E-state index in [0.717, 1.165) is 0 Å². The second-order valence-corrected chi connectivity index (χ2v) is 12.5. The van der Waals surface area contributed by atoms with Crippen LogP contribution in [0.1, 0.15) is 0 Å². The first-order valence-electron chi connectivity index (χ1n) is 15.6. The first kappa shape index (κ1) is 22.5. The summed E-state index contributed by atoms with van der Waals surface area (Å²) in [7, 11) is 0. The minimum absolute atomic E-state index is 1.18. The fraction of sp³-hybridized carbons (Fsp3) is 0. The molecule has 45 heavy (non-hydrogen) atoms. The molecule has 0 fully saturated rings. The van der Waals surface area contributed by atoms with E-state index in [1.807, 2.05) is 0 Å². The van der Waals surface area contributed by atoms with E-state index in [2.05, 4.69) is 153 Å². The van der Waals surface area contributed by atoms with Crippen molar-refractivity contribution >= 4 is 98.0 Å². The van der Waals surface area contributed by atoms with Crippen molar-refractivity contribution in [2.24, 2.45) is 0 Å². The van der Waals surface area contributed by atoms with Gasteiger partial charge in [-0.3, -0.25) is 0 Å². The summed E-state index contributed by atoms with van der Waals surface area (Å²) in [4.78, 5) is 0. The van der Waals surface area contributed by atoms with E-state index in [9.17, 15) is 0 Å². The standard InChI is InChI=1S/C42H23N3/c1-2-11-24(12-3-1)43-34-20-9-6-15-28(34)38-35(43)22-21-30-39-37-29-17-10-16-27-25-13-4-7-18-32(25)44(40(27)29)36(37)23-31-26-14-5-8-19-33(26)45(41(30)38)42(31)39/h1-23H. The normalized spacial score (nSPS) is 12.9. The van der Waals surface area contributed by atoms with Crippen LogP contribution < -0.4 is 0 Å². The molecule has 0 unspecified atom stereocenters. The van der Waals surface area contributed by atoms with Crippen molar-refractivity contribution in [3.63, 3.8) is 0 Å². The zero-order chi connectivity index (χ0) is 29.0. The molecular weight excluding hydrogens is 546 g/mol. The van der Waals surface area contributed by atoms with Gasteiger partial charge in [-0.15, -0.1) is 0 Å². The van der Waals surface area contributed by atoms with Gasteiger partial charge in [0.2, 0.25) is 0 Å². The lowest BCUT2D eigenvalue weighted by molar-refractivity contribution is 1.18. The van der Waals surface area contributed by atoms with Crippen LogP contribution in [0.3, 0.4) is 0 Å². The van der Waals surface area contributed by atoms with E-state index in [1.54, 1.807) is 0 Å². The van der Waals surface area contributed by atoms with Crippen molar-refractivity contribution in [2.75, 3.05) is 0 Å². The number of para-hydroxylation sites is 5. The van der Waals surface area contributed by atoms with Gasteiger partial charge in [-0.2, -0.15) is 0 Å². The van der Waals surface area contributed by atoms with E-state index in [1.165, 1.54) is 104 Å². The van der Waals surface area contributed by atoms with Crippen LogP contribution in [-0.2, 0) is 0 Å². The Labute approximate surface area is 256 Å². The lowest BCUT2D eigenvalue weighted by Gasteiger charge is -2.07. The molecular formula is C42H23N3. The van der Waals surface area contributed by atoms with Gasteiger partial charge in [0.15, 0.2) is 0 Å².